The molecule has 4 rings (SSSR count). The number of nitrogens with one attached hydrogen (secondary N) is 2. The fourth-order valence-electron chi connectivity index (χ4n) is 3.17. The Morgan fingerprint density at radius 2 is 2.07 bits per heavy atom. The van der Waals surface area contributed by atoms with Crippen molar-refractivity contribution in [2.75, 3.05) is 5.32 Å². The summed E-state index contributed by atoms with van der Waals surface area (Å²) in [6, 6.07) is 14.8. The number of aromatic nitrogens is 2. The first-order chi connectivity index (χ1) is 13.5. The number of aromatic hydroxyl groups is 1. The van der Waals surface area contributed by atoms with Gasteiger partial charge in [-0.3, -0.25) is 10.1 Å². The molecular formula is C20H17N4O4+. The average molecular weight is 377 g/mol. The van der Waals surface area contributed by atoms with Crippen LogP contribution in [-0.4, -0.2) is 15.2 Å². The number of pyridine rings is 1. The van der Waals surface area contributed by atoms with Crippen LogP contribution in [0.3, 0.4) is 0 Å². The molecule has 0 saturated carbocycles. The number of nitro groups is 1. The third-order valence-corrected chi connectivity index (χ3v) is 4.49. The van der Waals surface area contributed by atoms with Gasteiger partial charge in [-0.2, -0.15) is 0 Å². The Kier molecular flexibility index (Phi) is 4.36. The number of non-ortho nitro benzene ring substituents is 1. The summed E-state index contributed by atoms with van der Waals surface area (Å²) in [7, 11) is 0. The summed E-state index contributed by atoms with van der Waals surface area (Å²) in [6.45, 7) is 1.77. The van der Waals surface area contributed by atoms with Crippen LogP contribution in [0.1, 0.15) is 22.9 Å². The number of aromatic amines is 1. The van der Waals surface area contributed by atoms with E-state index < -0.39 is 11.0 Å². The number of hydrogen-bond acceptors (Lipinski definition) is 6. The van der Waals surface area contributed by atoms with Crippen molar-refractivity contribution in [1.82, 2.24) is 5.16 Å². The van der Waals surface area contributed by atoms with E-state index in [0.29, 0.717) is 28.2 Å². The molecule has 8 heteroatoms. The first kappa shape index (κ1) is 17.5. The van der Waals surface area contributed by atoms with Crippen LogP contribution in [0.25, 0.3) is 10.9 Å². The van der Waals surface area contributed by atoms with Crippen LogP contribution in [0.15, 0.2) is 65.3 Å². The average Bonchev–Trinajstić information content (AvgIpc) is 3.12. The fourth-order valence-corrected chi connectivity index (χ4v) is 3.17. The fraction of sp³-hybridized carbons (Fsp3) is 0.100. The Bertz CT molecular complexity index is 1170. The van der Waals surface area contributed by atoms with Gasteiger partial charge in [0.25, 0.3) is 11.2 Å². The highest BCUT2D eigenvalue weighted by Crippen LogP contribution is 2.36. The molecule has 28 heavy (non-hydrogen) atoms. The lowest BCUT2D eigenvalue weighted by molar-refractivity contribution is -0.384. The molecule has 0 aliphatic heterocycles. The number of phenolic OH excluding ortho intramolecular Hbond substituents is 1. The van der Waals surface area contributed by atoms with Gasteiger partial charge in [0.15, 0.2) is 17.8 Å². The highest BCUT2D eigenvalue weighted by atomic mass is 16.6. The molecule has 0 saturated heterocycles. The molecule has 0 fully saturated rings. The number of aryl methyl sites for hydroxylation is 1. The standard InChI is InChI=1S/C20H16N4O4/c1-12-10-17(23-28-12)22-18(14-4-2-6-15(11-14)24(26)27)16-8-7-13-5-3-9-21-19(13)20(16)25/h2-11,18,25H,1H3,(H,22,23)/p+1. The molecule has 0 bridgehead atoms. The Balaban J connectivity index is 1.87. The number of phenols is 1. The van der Waals surface area contributed by atoms with Crippen LogP contribution in [0, 0.1) is 17.0 Å². The molecule has 2 aromatic carbocycles. The molecule has 1 unspecified atom stereocenters. The number of benzene rings is 2. The molecule has 0 spiro atoms. The van der Waals surface area contributed by atoms with Crippen molar-refractivity contribution in [2.45, 2.75) is 13.0 Å². The lowest BCUT2D eigenvalue weighted by Gasteiger charge is -2.20. The number of H-pyrrole nitrogens is 1. The SMILES string of the molecule is Cc1cc(NC(c2cccc([N+](=O)[O-])c2)c2ccc3ccc[nH+]c3c2O)no1. The predicted molar refractivity (Wildman–Crippen MR) is 102 cm³/mol. The van der Waals surface area contributed by atoms with Gasteiger partial charge in [-0.05, 0) is 24.6 Å². The Morgan fingerprint density at radius 1 is 1.21 bits per heavy atom. The molecule has 0 amide bonds. The van der Waals surface area contributed by atoms with Gasteiger partial charge in [-0.15, -0.1) is 0 Å². The lowest BCUT2D eigenvalue weighted by Crippen LogP contribution is -2.14. The van der Waals surface area contributed by atoms with Gasteiger partial charge >= 0.3 is 0 Å². The normalized spacial score (nSPS) is 12.0. The van der Waals surface area contributed by atoms with Crippen molar-refractivity contribution in [3.8, 4) is 5.75 Å². The van der Waals surface area contributed by atoms with Crippen LogP contribution in [0.2, 0.25) is 0 Å². The minimum atomic E-state index is -0.581. The number of nitrogens with zero attached hydrogens (tertiary/aromatic N) is 2. The van der Waals surface area contributed by atoms with E-state index in [1.165, 1.54) is 12.1 Å². The second-order valence-electron chi connectivity index (χ2n) is 6.39. The van der Waals surface area contributed by atoms with Crippen LogP contribution < -0.4 is 10.3 Å². The molecule has 0 aliphatic carbocycles. The molecular weight excluding hydrogens is 360 g/mol. The molecule has 2 heterocycles. The minimum absolute atomic E-state index is 0.0347. The van der Waals surface area contributed by atoms with Gasteiger partial charge in [0, 0.05) is 29.8 Å². The van der Waals surface area contributed by atoms with Crippen LogP contribution in [-0.2, 0) is 0 Å². The van der Waals surface area contributed by atoms with Crippen molar-refractivity contribution in [3.63, 3.8) is 0 Å². The third kappa shape index (κ3) is 3.23. The quantitative estimate of drug-likeness (QED) is 0.404. The number of hydrogen-bond donors (Lipinski definition) is 2. The van der Waals surface area contributed by atoms with Crippen LogP contribution >= 0.6 is 0 Å². The highest BCUT2D eigenvalue weighted by molar-refractivity contribution is 5.83. The Hall–Kier alpha value is -3.94. The predicted octanol–water partition coefficient (Wildman–Crippen LogP) is 3.77. The smallest absolute Gasteiger partial charge is 0.269 e. The van der Waals surface area contributed by atoms with E-state index in [2.05, 4.69) is 15.5 Å². The molecule has 3 N–H and O–H groups in total. The van der Waals surface area contributed by atoms with Gasteiger partial charge in [-0.25, -0.2) is 4.98 Å². The summed E-state index contributed by atoms with van der Waals surface area (Å²) in [4.78, 5) is 13.8. The van der Waals surface area contributed by atoms with E-state index in [9.17, 15) is 15.2 Å². The van der Waals surface area contributed by atoms with Crippen molar-refractivity contribution < 1.29 is 19.5 Å². The number of fused-ring (bicyclic) bond motifs is 1. The first-order valence-corrected chi connectivity index (χ1v) is 8.59. The molecule has 8 nitrogen and oxygen atoms in total. The van der Waals surface area contributed by atoms with Gasteiger partial charge in [0.05, 0.1) is 16.4 Å². The molecule has 4 aromatic rings. The molecule has 0 aliphatic rings. The number of nitro benzene ring substituents is 1. The maximum atomic E-state index is 11.2. The van der Waals surface area contributed by atoms with Crippen LogP contribution in [0.4, 0.5) is 11.5 Å². The van der Waals surface area contributed by atoms with Gasteiger partial charge in [-0.1, -0.05) is 23.4 Å². The summed E-state index contributed by atoms with van der Waals surface area (Å²) in [5.41, 5.74) is 1.71. The monoisotopic (exact) mass is 377 g/mol. The van der Waals surface area contributed by atoms with E-state index in [1.807, 2.05) is 18.2 Å². The summed E-state index contributed by atoms with van der Waals surface area (Å²) in [5.74, 6) is 1.14. The molecule has 140 valence electrons. The second kappa shape index (κ2) is 6.99. The zero-order valence-electron chi connectivity index (χ0n) is 14.9. The largest absolute Gasteiger partial charge is 0.502 e. The molecule has 2 aromatic heterocycles. The van der Waals surface area contributed by atoms with Crippen molar-refractivity contribution in [2.24, 2.45) is 0 Å². The maximum absolute atomic E-state index is 11.2. The highest BCUT2D eigenvalue weighted by Gasteiger charge is 2.24. The minimum Gasteiger partial charge on any atom is -0.502 e. The number of rotatable bonds is 5. The van der Waals surface area contributed by atoms with Crippen molar-refractivity contribution in [1.29, 1.82) is 0 Å². The molecule has 0 radical (unpaired) electrons. The number of anilines is 1. The van der Waals surface area contributed by atoms with E-state index in [0.717, 1.165) is 5.39 Å². The second-order valence-corrected chi connectivity index (χ2v) is 6.39. The van der Waals surface area contributed by atoms with E-state index in [-0.39, 0.29) is 11.4 Å². The summed E-state index contributed by atoms with van der Waals surface area (Å²) >= 11 is 0. The maximum Gasteiger partial charge on any atom is 0.269 e. The topological polar surface area (TPSA) is 116 Å². The van der Waals surface area contributed by atoms with E-state index in [4.69, 9.17) is 4.52 Å². The van der Waals surface area contributed by atoms with Gasteiger partial charge in [0.2, 0.25) is 0 Å². The van der Waals surface area contributed by atoms with Gasteiger partial charge in [0.1, 0.15) is 5.76 Å². The Labute approximate surface area is 159 Å². The summed E-state index contributed by atoms with van der Waals surface area (Å²) in [5, 5.41) is 30.1. The van der Waals surface area contributed by atoms with Crippen molar-refractivity contribution in [3.05, 3.63) is 87.8 Å². The zero-order chi connectivity index (χ0) is 19.7. The first-order valence-electron chi connectivity index (χ1n) is 8.59. The van der Waals surface area contributed by atoms with E-state index >= 15 is 0 Å². The van der Waals surface area contributed by atoms with Crippen molar-refractivity contribution >= 4 is 22.4 Å². The van der Waals surface area contributed by atoms with Gasteiger partial charge < -0.3 is 14.9 Å². The summed E-state index contributed by atoms with van der Waals surface area (Å²) in [6.07, 6.45) is 1.72. The van der Waals surface area contributed by atoms with Crippen LogP contribution in [0.5, 0.6) is 5.75 Å². The lowest BCUT2D eigenvalue weighted by atomic mass is 9.96. The summed E-state index contributed by atoms with van der Waals surface area (Å²) < 4.78 is 5.11. The zero-order valence-corrected chi connectivity index (χ0v) is 14.9. The third-order valence-electron chi connectivity index (χ3n) is 4.49. The Morgan fingerprint density at radius 3 is 2.82 bits per heavy atom. The molecule has 1 atom stereocenters. The van der Waals surface area contributed by atoms with E-state index in [1.54, 1.807) is 37.4 Å².